The molecular weight excluding hydrogens is 402 g/mol. The Balaban J connectivity index is 1.79. The van der Waals surface area contributed by atoms with E-state index >= 15 is 0 Å². The Morgan fingerprint density at radius 2 is 2.03 bits per heavy atom. The number of nitriles is 1. The second kappa shape index (κ2) is 8.01. The average molecular weight is 420 g/mol. The number of aromatic nitrogens is 1. The number of rotatable bonds is 3. The number of nitrogens with two attached hydrogens (primary N) is 1. The van der Waals surface area contributed by atoms with Gasteiger partial charge in [0.1, 0.15) is 5.82 Å². The summed E-state index contributed by atoms with van der Waals surface area (Å²) in [6.45, 7) is 0. The Morgan fingerprint density at radius 3 is 2.70 bits per heavy atom. The minimum absolute atomic E-state index is 0.0592. The first-order valence-electron chi connectivity index (χ1n) is 9.44. The lowest BCUT2D eigenvalue weighted by atomic mass is 9.76. The Bertz CT molecular complexity index is 1120. The van der Waals surface area contributed by atoms with Crippen LogP contribution >= 0.6 is 11.6 Å². The number of nitrogens with one attached hydrogen (secondary N) is 1. The summed E-state index contributed by atoms with van der Waals surface area (Å²) in [7, 11) is 0. The van der Waals surface area contributed by atoms with Crippen molar-refractivity contribution in [2.24, 2.45) is 5.73 Å². The van der Waals surface area contributed by atoms with Gasteiger partial charge in [-0.1, -0.05) is 17.7 Å². The Hall–Kier alpha value is -3.63. The fraction of sp³-hybridized carbons (Fsp3) is 0.182. The van der Waals surface area contributed by atoms with Crippen molar-refractivity contribution >= 4 is 23.3 Å². The first-order chi connectivity index (χ1) is 14.5. The Labute approximate surface area is 178 Å². The average Bonchev–Trinajstić information content (AvgIpc) is 2.76. The van der Waals surface area contributed by atoms with Crippen LogP contribution in [0.2, 0.25) is 5.02 Å². The molecule has 4 rings (SSSR count). The maximum atomic E-state index is 12.9. The van der Waals surface area contributed by atoms with Crippen molar-refractivity contribution in [3.63, 3.8) is 0 Å². The minimum atomic E-state index is -0.602. The van der Waals surface area contributed by atoms with Gasteiger partial charge in [-0.15, -0.1) is 0 Å². The summed E-state index contributed by atoms with van der Waals surface area (Å²) >= 11 is 5.90. The van der Waals surface area contributed by atoms with Crippen LogP contribution in [0.4, 0.5) is 0 Å². The number of pyridine rings is 1. The van der Waals surface area contributed by atoms with Gasteiger partial charge in [-0.25, -0.2) is 5.01 Å². The zero-order valence-corrected chi connectivity index (χ0v) is 16.7. The molecule has 1 aliphatic heterocycles. The molecule has 150 valence electrons. The topological polar surface area (TPSA) is 112 Å². The largest absolute Gasteiger partial charge is 0.383 e. The number of hydrazine groups is 1. The zero-order valence-electron chi connectivity index (χ0n) is 15.9. The second-order valence-electron chi connectivity index (χ2n) is 7.05. The zero-order chi connectivity index (χ0) is 21.3. The maximum absolute atomic E-state index is 12.9. The number of allylic oxidation sites excluding steroid dienone is 3. The highest BCUT2D eigenvalue weighted by Gasteiger charge is 2.40. The molecule has 7 nitrogen and oxygen atoms in total. The highest BCUT2D eigenvalue weighted by atomic mass is 35.5. The van der Waals surface area contributed by atoms with Crippen LogP contribution < -0.4 is 11.2 Å². The number of hydrogen-bond donors (Lipinski definition) is 2. The standard InChI is InChI=1S/C22H18ClN5O2/c23-15-8-6-13(7-9-15)22(30)27-28-17-4-1-5-18(29)20(17)19(16(11-24)21(28)25)14-3-2-10-26-12-14/h2-3,6-10,12,19H,1,4-5,25H2,(H,27,30). The van der Waals surface area contributed by atoms with Crippen LogP contribution in [-0.4, -0.2) is 21.7 Å². The van der Waals surface area contributed by atoms with E-state index in [4.69, 9.17) is 17.3 Å². The fourth-order valence-corrected chi connectivity index (χ4v) is 3.99. The number of benzene rings is 1. The molecule has 1 unspecified atom stereocenters. The van der Waals surface area contributed by atoms with Crippen LogP contribution in [0.5, 0.6) is 0 Å². The molecule has 2 heterocycles. The lowest BCUT2D eigenvalue weighted by Gasteiger charge is -2.39. The Kier molecular flexibility index (Phi) is 5.25. The molecule has 0 radical (unpaired) electrons. The van der Waals surface area contributed by atoms with E-state index in [2.05, 4.69) is 16.5 Å². The molecule has 1 amide bonds. The molecule has 0 saturated carbocycles. The predicted molar refractivity (Wildman–Crippen MR) is 110 cm³/mol. The molecular formula is C22H18ClN5O2. The van der Waals surface area contributed by atoms with Crippen molar-refractivity contribution in [1.29, 1.82) is 5.26 Å². The number of nitrogens with zero attached hydrogens (tertiary/aromatic N) is 3. The molecule has 2 aromatic rings. The molecule has 1 aliphatic carbocycles. The molecule has 1 aromatic carbocycles. The van der Waals surface area contributed by atoms with E-state index in [9.17, 15) is 14.9 Å². The molecule has 0 spiro atoms. The minimum Gasteiger partial charge on any atom is -0.383 e. The summed E-state index contributed by atoms with van der Waals surface area (Å²) in [6, 6.07) is 12.1. The van der Waals surface area contributed by atoms with Gasteiger partial charge in [-0.05, 0) is 48.7 Å². The van der Waals surface area contributed by atoms with E-state index in [-0.39, 0.29) is 17.2 Å². The Morgan fingerprint density at radius 1 is 1.27 bits per heavy atom. The van der Waals surface area contributed by atoms with Crippen LogP contribution in [0.25, 0.3) is 0 Å². The highest BCUT2D eigenvalue weighted by molar-refractivity contribution is 6.30. The third-order valence-electron chi connectivity index (χ3n) is 5.25. The van der Waals surface area contributed by atoms with Crippen LogP contribution in [-0.2, 0) is 4.79 Å². The van der Waals surface area contributed by atoms with Gasteiger partial charge >= 0.3 is 0 Å². The van der Waals surface area contributed by atoms with Gasteiger partial charge in [-0.2, -0.15) is 5.26 Å². The predicted octanol–water partition coefficient (Wildman–Crippen LogP) is 3.18. The monoisotopic (exact) mass is 419 g/mol. The van der Waals surface area contributed by atoms with Gasteiger partial charge in [0.15, 0.2) is 5.78 Å². The van der Waals surface area contributed by atoms with Crippen LogP contribution in [0.3, 0.4) is 0 Å². The van der Waals surface area contributed by atoms with Gasteiger partial charge in [-0.3, -0.25) is 20.0 Å². The van der Waals surface area contributed by atoms with Gasteiger partial charge in [0.05, 0.1) is 17.6 Å². The quantitative estimate of drug-likeness (QED) is 0.790. The second-order valence-corrected chi connectivity index (χ2v) is 7.49. The summed E-state index contributed by atoms with van der Waals surface area (Å²) in [5.74, 6) is -0.981. The van der Waals surface area contributed by atoms with E-state index < -0.39 is 11.8 Å². The molecule has 0 bridgehead atoms. The summed E-state index contributed by atoms with van der Waals surface area (Å²) in [6.07, 6.45) is 4.83. The molecule has 3 N–H and O–H groups in total. The van der Waals surface area contributed by atoms with E-state index in [0.717, 1.165) is 0 Å². The summed E-state index contributed by atoms with van der Waals surface area (Å²) in [4.78, 5) is 29.8. The lowest BCUT2D eigenvalue weighted by molar-refractivity contribution is -0.116. The van der Waals surface area contributed by atoms with Crippen molar-refractivity contribution in [3.05, 3.63) is 87.6 Å². The summed E-state index contributed by atoms with van der Waals surface area (Å²) in [5, 5.41) is 11.8. The van der Waals surface area contributed by atoms with Crippen LogP contribution in [0.1, 0.15) is 41.1 Å². The fourth-order valence-electron chi connectivity index (χ4n) is 3.86. The first kappa shape index (κ1) is 19.7. The number of halogens is 1. The van der Waals surface area contributed by atoms with Gasteiger partial charge < -0.3 is 5.73 Å². The molecule has 1 aromatic heterocycles. The van der Waals surface area contributed by atoms with Crippen LogP contribution in [0, 0.1) is 11.3 Å². The molecule has 2 aliphatic rings. The van der Waals surface area contributed by atoms with Gasteiger partial charge in [0.2, 0.25) is 0 Å². The van der Waals surface area contributed by atoms with E-state index in [0.29, 0.717) is 46.7 Å². The number of amides is 1. The summed E-state index contributed by atoms with van der Waals surface area (Å²) < 4.78 is 0. The first-order valence-corrected chi connectivity index (χ1v) is 9.81. The van der Waals surface area contributed by atoms with Gasteiger partial charge in [0, 0.05) is 40.7 Å². The number of carbonyl (C=O) groups is 2. The third kappa shape index (κ3) is 3.42. The molecule has 8 heteroatoms. The molecule has 0 fully saturated rings. The van der Waals surface area contributed by atoms with Crippen molar-refractivity contribution in [2.75, 3.05) is 0 Å². The third-order valence-corrected chi connectivity index (χ3v) is 5.50. The van der Waals surface area contributed by atoms with Crippen molar-refractivity contribution in [1.82, 2.24) is 15.4 Å². The normalized spacial score (nSPS) is 18.7. The molecule has 0 saturated heterocycles. The molecule has 30 heavy (non-hydrogen) atoms. The number of hydrogen-bond acceptors (Lipinski definition) is 6. The number of ketones is 1. The van der Waals surface area contributed by atoms with Crippen molar-refractivity contribution < 1.29 is 9.59 Å². The SMILES string of the molecule is N#CC1=C(N)N(NC(=O)c2ccc(Cl)cc2)C2=C(C(=O)CCC2)C1c1cccnc1. The molecule has 1 atom stereocenters. The maximum Gasteiger partial charge on any atom is 0.270 e. The van der Waals surface area contributed by atoms with Gasteiger partial charge in [0.25, 0.3) is 5.91 Å². The van der Waals surface area contributed by atoms with E-state index in [1.54, 1.807) is 42.7 Å². The summed E-state index contributed by atoms with van der Waals surface area (Å²) in [5.41, 5.74) is 11.5. The number of Topliss-reactive ketones (excluding diaryl/α,β-unsaturated/α-hetero) is 1. The smallest absolute Gasteiger partial charge is 0.270 e. The number of carbonyl (C=O) groups excluding carboxylic acids is 2. The highest BCUT2D eigenvalue weighted by Crippen LogP contribution is 2.43. The van der Waals surface area contributed by atoms with Crippen molar-refractivity contribution in [2.45, 2.75) is 25.2 Å². The van der Waals surface area contributed by atoms with Crippen LogP contribution in [0.15, 0.2) is 71.5 Å². The van der Waals surface area contributed by atoms with E-state index in [1.165, 1.54) is 5.01 Å². The lowest BCUT2D eigenvalue weighted by Crippen LogP contribution is -2.48. The van der Waals surface area contributed by atoms with E-state index in [1.807, 2.05) is 6.07 Å². The van der Waals surface area contributed by atoms with Crippen molar-refractivity contribution in [3.8, 4) is 6.07 Å².